The standard InChI is InChI=1S/C20H28N4O2S2/c1-13-7-6-8-19(14(13)2)21-20(27)23(5)11-18-15(3)22-24(16(18)4)17-9-10-28(25,26)12-17/h6-8,17H,9-12H2,1-5H3,(H,21,27)/t17-/m0/s1. The minimum atomic E-state index is -2.94. The molecule has 0 aliphatic carbocycles. The summed E-state index contributed by atoms with van der Waals surface area (Å²) in [5, 5.41) is 8.62. The van der Waals surface area contributed by atoms with Crippen LogP contribution in [0, 0.1) is 27.7 Å². The summed E-state index contributed by atoms with van der Waals surface area (Å²) in [4.78, 5) is 1.99. The molecule has 1 atom stereocenters. The van der Waals surface area contributed by atoms with Crippen LogP contribution in [0.25, 0.3) is 0 Å². The van der Waals surface area contributed by atoms with E-state index >= 15 is 0 Å². The molecule has 0 amide bonds. The summed E-state index contributed by atoms with van der Waals surface area (Å²) < 4.78 is 25.6. The molecule has 0 radical (unpaired) electrons. The minimum absolute atomic E-state index is 0.0669. The Morgan fingerprint density at radius 2 is 2.04 bits per heavy atom. The highest BCUT2D eigenvalue weighted by Gasteiger charge is 2.31. The summed E-state index contributed by atoms with van der Waals surface area (Å²) in [5.41, 5.74) is 6.44. The van der Waals surface area contributed by atoms with Crippen LogP contribution in [0.1, 0.15) is 40.5 Å². The number of benzene rings is 1. The lowest BCUT2D eigenvalue weighted by atomic mass is 10.1. The molecule has 1 saturated heterocycles. The van der Waals surface area contributed by atoms with Gasteiger partial charge in [-0.25, -0.2) is 8.42 Å². The molecular weight excluding hydrogens is 392 g/mol. The van der Waals surface area contributed by atoms with E-state index in [1.54, 1.807) is 0 Å². The van der Waals surface area contributed by atoms with Crippen molar-refractivity contribution in [2.75, 3.05) is 23.9 Å². The van der Waals surface area contributed by atoms with Gasteiger partial charge in [0.2, 0.25) is 0 Å². The van der Waals surface area contributed by atoms with Gasteiger partial charge < -0.3 is 10.2 Å². The molecular formula is C20H28N4O2S2. The normalized spacial score (nSPS) is 18.2. The van der Waals surface area contributed by atoms with E-state index in [0.29, 0.717) is 18.1 Å². The lowest BCUT2D eigenvalue weighted by Crippen LogP contribution is -2.31. The Bertz CT molecular complexity index is 1010. The average Bonchev–Trinajstić information content (AvgIpc) is 3.12. The molecule has 0 spiro atoms. The summed E-state index contributed by atoms with van der Waals surface area (Å²) in [6.07, 6.45) is 0.631. The summed E-state index contributed by atoms with van der Waals surface area (Å²) in [6, 6.07) is 6.05. The number of thiocarbonyl (C=S) groups is 1. The number of hydrogen-bond acceptors (Lipinski definition) is 4. The number of rotatable bonds is 4. The first-order chi connectivity index (χ1) is 13.1. The number of nitrogens with one attached hydrogen (secondary N) is 1. The number of nitrogens with zero attached hydrogens (tertiary/aromatic N) is 3. The van der Waals surface area contributed by atoms with E-state index in [9.17, 15) is 8.42 Å². The zero-order chi connectivity index (χ0) is 20.6. The number of hydrogen-bond donors (Lipinski definition) is 1. The SMILES string of the molecule is Cc1cccc(NC(=S)N(C)Cc2c(C)nn([C@H]3CCS(=O)(=O)C3)c2C)c1C. The quantitative estimate of drug-likeness (QED) is 0.766. The van der Waals surface area contributed by atoms with Crippen molar-refractivity contribution in [2.24, 2.45) is 0 Å². The van der Waals surface area contributed by atoms with Crippen molar-refractivity contribution < 1.29 is 8.42 Å². The molecule has 152 valence electrons. The van der Waals surface area contributed by atoms with Gasteiger partial charge in [0, 0.05) is 30.5 Å². The predicted molar refractivity (Wildman–Crippen MR) is 118 cm³/mol. The van der Waals surface area contributed by atoms with Crippen LogP contribution < -0.4 is 5.32 Å². The first kappa shape index (κ1) is 20.8. The van der Waals surface area contributed by atoms with E-state index in [-0.39, 0.29) is 17.5 Å². The predicted octanol–water partition coefficient (Wildman–Crippen LogP) is 3.31. The third-order valence-electron chi connectivity index (χ3n) is 5.62. The number of aryl methyl sites for hydroxylation is 2. The second kappa shape index (κ2) is 7.83. The van der Waals surface area contributed by atoms with Gasteiger partial charge in [0.15, 0.2) is 14.9 Å². The van der Waals surface area contributed by atoms with Gasteiger partial charge in [0.05, 0.1) is 23.2 Å². The molecule has 1 aromatic carbocycles. The first-order valence-electron chi connectivity index (χ1n) is 9.42. The molecule has 0 saturated carbocycles. The molecule has 2 heterocycles. The van der Waals surface area contributed by atoms with Gasteiger partial charge in [-0.05, 0) is 63.5 Å². The monoisotopic (exact) mass is 420 g/mol. The smallest absolute Gasteiger partial charge is 0.173 e. The third kappa shape index (κ3) is 4.22. The van der Waals surface area contributed by atoms with Crippen LogP contribution in [0.15, 0.2) is 18.2 Å². The topological polar surface area (TPSA) is 67.2 Å². The van der Waals surface area contributed by atoms with Crippen molar-refractivity contribution in [1.29, 1.82) is 0 Å². The van der Waals surface area contributed by atoms with Gasteiger partial charge in [-0.1, -0.05) is 12.1 Å². The fraction of sp³-hybridized carbons (Fsp3) is 0.500. The Morgan fingerprint density at radius 1 is 1.32 bits per heavy atom. The van der Waals surface area contributed by atoms with E-state index in [4.69, 9.17) is 12.2 Å². The molecule has 1 fully saturated rings. The zero-order valence-corrected chi connectivity index (χ0v) is 18.7. The van der Waals surface area contributed by atoms with Crippen LogP contribution in [0.2, 0.25) is 0 Å². The lowest BCUT2D eigenvalue weighted by molar-refractivity contribution is 0.479. The van der Waals surface area contributed by atoms with E-state index in [1.807, 2.05) is 42.6 Å². The van der Waals surface area contributed by atoms with Crippen molar-refractivity contribution in [1.82, 2.24) is 14.7 Å². The molecule has 6 nitrogen and oxygen atoms in total. The fourth-order valence-electron chi connectivity index (χ4n) is 3.66. The summed E-state index contributed by atoms with van der Waals surface area (Å²) in [7, 11) is -0.990. The highest BCUT2D eigenvalue weighted by Crippen LogP contribution is 2.27. The first-order valence-corrected chi connectivity index (χ1v) is 11.7. The average molecular weight is 421 g/mol. The Hall–Kier alpha value is -1.93. The van der Waals surface area contributed by atoms with E-state index < -0.39 is 9.84 Å². The van der Waals surface area contributed by atoms with Crippen molar-refractivity contribution in [3.05, 3.63) is 46.3 Å². The third-order valence-corrected chi connectivity index (χ3v) is 7.78. The molecule has 1 aliphatic rings. The highest BCUT2D eigenvalue weighted by atomic mass is 32.2. The maximum absolute atomic E-state index is 11.8. The largest absolute Gasteiger partial charge is 0.348 e. The Labute approximate surface area is 172 Å². The molecule has 2 aromatic rings. The van der Waals surface area contributed by atoms with Gasteiger partial charge in [0.25, 0.3) is 0 Å². The number of sulfone groups is 1. The summed E-state index contributed by atoms with van der Waals surface area (Å²) >= 11 is 5.60. The van der Waals surface area contributed by atoms with Crippen LogP contribution in [0.3, 0.4) is 0 Å². The highest BCUT2D eigenvalue weighted by molar-refractivity contribution is 7.91. The number of anilines is 1. The van der Waals surface area contributed by atoms with E-state index in [2.05, 4.69) is 30.3 Å². The van der Waals surface area contributed by atoms with E-state index in [1.165, 1.54) is 11.1 Å². The molecule has 1 N–H and O–H groups in total. The molecule has 0 bridgehead atoms. The lowest BCUT2D eigenvalue weighted by Gasteiger charge is -2.22. The van der Waals surface area contributed by atoms with Crippen LogP contribution >= 0.6 is 12.2 Å². The van der Waals surface area contributed by atoms with E-state index in [0.717, 1.165) is 22.6 Å². The molecule has 0 unspecified atom stereocenters. The van der Waals surface area contributed by atoms with Crippen LogP contribution in [0.5, 0.6) is 0 Å². The van der Waals surface area contributed by atoms with Crippen molar-refractivity contribution >= 4 is 32.9 Å². The zero-order valence-electron chi connectivity index (χ0n) is 17.1. The number of aromatic nitrogens is 2. The molecule has 1 aromatic heterocycles. The molecule has 8 heteroatoms. The summed E-state index contributed by atoms with van der Waals surface area (Å²) in [5.74, 6) is 0.423. The van der Waals surface area contributed by atoms with Crippen LogP contribution in [-0.4, -0.2) is 46.8 Å². The Morgan fingerprint density at radius 3 is 2.68 bits per heavy atom. The Balaban J connectivity index is 1.74. The second-order valence-electron chi connectivity index (χ2n) is 7.68. The van der Waals surface area contributed by atoms with Gasteiger partial charge in [0.1, 0.15) is 0 Å². The van der Waals surface area contributed by atoms with Crippen molar-refractivity contribution in [2.45, 2.75) is 46.7 Å². The molecule has 3 rings (SSSR count). The molecule has 28 heavy (non-hydrogen) atoms. The maximum atomic E-state index is 11.8. The van der Waals surface area contributed by atoms with Crippen molar-refractivity contribution in [3.63, 3.8) is 0 Å². The molecule has 1 aliphatic heterocycles. The fourth-order valence-corrected chi connectivity index (χ4v) is 5.52. The second-order valence-corrected chi connectivity index (χ2v) is 10.3. The van der Waals surface area contributed by atoms with Gasteiger partial charge in [-0.15, -0.1) is 0 Å². The van der Waals surface area contributed by atoms with Gasteiger partial charge in [-0.2, -0.15) is 5.10 Å². The minimum Gasteiger partial charge on any atom is -0.348 e. The Kier molecular flexibility index (Phi) is 5.82. The van der Waals surface area contributed by atoms with Gasteiger partial charge >= 0.3 is 0 Å². The van der Waals surface area contributed by atoms with Crippen LogP contribution in [0.4, 0.5) is 5.69 Å². The maximum Gasteiger partial charge on any atom is 0.173 e. The van der Waals surface area contributed by atoms with Crippen LogP contribution in [-0.2, 0) is 16.4 Å². The van der Waals surface area contributed by atoms with Gasteiger partial charge in [-0.3, -0.25) is 4.68 Å². The summed E-state index contributed by atoms with van der Waals surface area (Å²) in [6.45, 7) is 8.76. The van der Waals surface area contributed by atoms with Crippen molar-refractivity contribution in [3.8, 4) is 0 Å².